The molecular formula is C26H24N4O2. The van der Waals surface area contributed by atoms with E-state index in [-0.39, 0.29) is 5.56 Å². The summed E-state index contributed by atoms with van der Waals surface area (Å²) in [5.74, 6) is 0.514. The standard InChI is InChI=1S/C26H24N4O2/c1-4-17-6-8-18(9-7-17)24-25-19(10-13-23(28-25)32-5-2)15-30(26(24)31)20-11-12-21-22(14-20)29(3)16-27-21/h6-16H,4-5H2,1-3H3. The first-order chi connectivity index (χ1) is 15.6. The molecule has 160 valence electrons. The molecule has 6 heteroatoms. The van der Waals surface area contributed by atoms with E-state index in [9.17, 15) is 4.79 Å². The van der Waals surface area contributed by atoms with Gasteiger partial charge in [-0.1, -0.05) is 31.2 Å². The van der Waals surface area contributed by atoms with E-state index in [1.54, 1.807) is 10.9 Å². The van der Waals surface area contributed by atoms with Crippen molar-refractivity contribution in [3.05, 3.63) is 83.0 Å². The van der Waals surface area contributed by atoms with Gasteiger partial charge in [0.15, 0.2) is 0 Å². The zero-order valence-electron chi connectivity index (χ0n) is 18.4. The van der Waals surface area contributed by atoms with E-state index in [0.717, 1.165) is 34.1 Å². The lowest BCUT2D eigenvalue weighted by atomic mass is 10.0. The molecule has 0 aliphatic carbocycles. The zero-order valence-corrected chi connectivity index (χ0v) is 18.4. The molecule has 0 radical (unpaired) electrons. The van der Waals surface area contributed by atoms with E-state index in [4.69, 9.17) is 4.74 Å². The van der Waals surface area contributed by atoms with Gasteiger partial charge in [0.2, 0.25) is 5.88 Å². The number of fused-ring (bicyclic) bond motifs is 2. The van der Waals surface area contributed by atoms with Gasteiger partial charge in [0.25, 0.3) is 5.56 Å². The lowest BCUT2D eigenvalue weighted by Crippen LogP contribution is -2.20. The Morgan fingerprint density at radius 3 is 2.56 bits per heavy atom. The monoisotopic (exact) mass is 424 g/mol. The van der Waals surface area contributed by atoms with Gasteiger partial charge in [-0.15, -0.1) is 0 Å². The van der Waals surface area contributed by atoms with Crippen LogP contribution in [0.25, 0.3) is 38.8 Å². The van der Waals surface area contributed by atoms with Crippen LogP contribution in [-0.4, -0.2) is 25.7 Å². The maximum atomic E-state index is 13.8. The molecule has 6 nitrogen and oxygen atoms in total. The maximum Gasteiger partial charge on any atom is 0.265 e. The molecule has 5 rings (SSSR count). The molecule has 0 amide bonds. The predicted molar refractivity (Wildman–Crippen MR) is 128 cm³/mol. The van der Waals surface area contributed by atoms with E-state index in [1.807, 2.05) is 67.2 Å². The molecule has 0 fully saturated rings. The van der Waals surface area contributed by atoms with Crippen molar-refractivity contribution < 1.29 is 4.74 Å². The number of hydrogen-bond acceptors (Lipinski definition) is 4. The molecule has 0 spiro atoms. The van der Waals surface area contributed by atoms with Crippen LogP contribution in [0.2, 0.25) is 0 Å². The van der Waals surface area contributed by atoms with Crippen LogP contribution in [0, 0.1) is 0 Å². The third-order valence-corrected chi connectivity index (χ3v) is 5.77. The minimum absolute atomic E-state index is 0.121. The third-order valence-electron chi connectivity index (χ3n) is 5.77. The van der Waals surface area contributed by atoms with E-state index in [1.165, 1.54) is 5.56 Å². The summed E-state index contributed by atoms with van der Waals surface area (Å²) in [6.07, 6.45) is 4.57. The lowest BCUT2D eigenvalue weighted by molar-refractivity contribution is 0.328. The minimum atomic E-state index is -0.121. The summed E-state index contributed by atoms with van der Waals surface area (Å²) >= 11 is 0. The smallest absolute Gasteiger partial charge is 0.265 e. The second-order valence-electron chi connectivity index (χ2n) is 7.78. The second-order valence-corrected chi connectivity index (χ2v) is 7.78. The fourth-order valence-corrected chi connectivity index (χ4v) is 4.03. The Kier molecular flexibility index (Phi) is 4.98. The van der Waals surface area contributed by atoms with Gasteiger partial charge in [-0.2, -0.15) is 0 Å². The molecule has 0 aliphatic heterocycles. The van der Waals surface area contributed by atoms with Gasteiger partial charge >= 0.3 is 0 Å². The van der Waals surface area contributed by atoms with E-state index >= 15 is 0 Å². The average molecular weight is 425 g/mol. The molecule has 0 aliphatic rings. The van der Waals surface area contributed by atoms with E-state index in [0.29, 0.717) is 23.6 Å². The Labute approximate surface area is 185 Å². The van der Waals surface area contributed by atoms with Crippen LogP contribution in [0.1, 0.15) is 19.4 Å². The third kappa shape index (κ3) is 3.34. The zero-order chi connectivity index (χ0) is 22.2. The summed E-state index contributed by atoms with van der Waals surface area (Å²) in [6.45, 7) is 4.55. The van der Waals surface area contributed by atoms with Crippen molar-refractivity contribution in [2.24, 2.45) is 7.05 Å². The summed E-state index contributed by atoms with van der Waals surface area (Å²) in [5, 5.41) is 0.868. The summed E-state index contributed by atoms with van der Waals surface area (Å²) in [7, 11) is 1.95. The van der Waals surface area contributed by atoms with Crippen molar-refractivity contribution >= 4 is 21.9 Å². The van der Waals surface area contributed by atoms with Gasteiger partial charge < -0.3 is 9.30 Å². The molecule has 0 N–H and O–H groups in total. The normalized spacial score (nSPS) is 11.3. The van der Waals surface area contributed by atoms with Crippen LogP contribution in [0.5, 0.6) is 5.88 Å². The molecule has 3 aromatic heterocycles. The number of aromatic nitrogens is 4. The molecule has 0 atom stereocenters. The Morgan fingerprint density at radius 1 is 1.00 bits per heavy atom. The Hall–Kier alpha value is -3.93. The van der Waals surface area contributed by atoms with Crippen LogP contribution >= 0.6 is 0 Å². The highest BCUT2D eigenvalue weighted by atomic mass is 16.5. The topological polar surface area (TPSA) is 61.9 Å². The maximum absolute atomic E-state index is 13.8. The number of imidazole rings is 1. The van der Waals surface area contributed by atoms with Crippen molar-refractivity contribution in [2.75, 3.05) is 6.61 Å². The molecule has 0 saturated heterocycles. The largest absolute Gasteiger partial charge is 0.478 e. The van der Waals surface area contributed by atoms with E-state index in [2.05, 4.69) is 29.0 Å². The number of hydrogen-bond donors (Lipinski definition) is 0. The summed E-state index contributed by atoms with van der Waals surface area (Å²) in [5.41, 5.74) is 5.79. The SMILES string of the molecule is CCOc1ccc2cn(-c3ccc4ncn(C)c4c3)c(=O)c(-c3ccc(CC)cc3)c2n1. The van der Waals surface area contributed by atoms with Crippen molar-refractivity contribution in [3.8, 4) is 22.7 Å². The van der Waals surface area contributed by atoms with Gasteiger partial charge in [-0.05, 0) is 48.7 Å². The highest BCUT2D eigenvalue weighted by molar-refractivity contribution is 5.93. The molecule has 0 saturated carbocycles. The fraction of sp³-hybridized carbons (Fsp3) is 0.192. The Bertz CT molecular complexity index is 1500. The molecular weight excluding hydrogens is 400 g/mol. The minimum Gasteiger partial charge on any atom is -0.478 e. The van der Waals surface area contributed by atoms with Gasteiger partial charge in [0, 0.05) is 24.7 Å². The summed E-state index contributed by atoms with van der Waals surface area (Å²) < 4.78 is 9.26. The summed E-state index contributed by atoms with van der Waals surface area (Å²) in [6, 6.07) is 17.8. The van der Waals surface area contributed by atoms with E-state index < -0.39 is 0 Å². The van der Waals surface area contributed by atoms with Gasteiger partial charge in [0.05, 0.1) is 40.7 Å². The van der Waals surface area contributed by atoms with Crippen LogP contribution < -0.4 is 10.3 Å². The molecule has 5 aromatic rings. The fourth-order valence-electron chi connectivity index (χ4n) is 4.03. The lowest BCUT2D eigenvalue weighted by Gasteiger charge is -2.14. The number of rotatable bonds is 5. The highest BCUT2D eigenvalue weighted by Gasteiger charge is 2.16. The number of ether oxygens (including phenoxy) is 1. The first-order valence-electron chi connectivity index (χ1n) is 10.8. The first-order valence-corrected chi connectivity index (χ1v) is 10.8. The molecule has 32 heavy (non-hydrogen) atoms. The van der Waals surface area contributed by atoms with Gasteiger partial charge in [-0.25, -0.2) is 9.97 Å². The first kappa shape index (κ1) is 20.0. The van der Waals surface area contributed by atoms with Crippen LogP contribution in [-0.2, 0) is 13.5 Å². The van der Waals surface area contributed by atoms with Crippen LogP contribution in [0.4, 0.5) is 0 Å². The molecule has 2 aromatic carbocycles. The highest BCUT2D eigenvalue weighted by Crippen LogP contribution is 2.28. The number of aryl methyl sites for hydroxylation is 2. The van der Waals surface area contributed by atoms with Crippen LogP contribution in [0.3, 0.4) is 0 Å². The molecule has 3 heterocycles. The van der Waals surface area contributed by atoms with Crippen molar-refractivity contribution in [2.45, 2.75) is 20.3 Å². The summed E-state index contributed by atoms with van der Waals surface area (Å²) in [4.78, 5) is 22.9. The van der Waals surface area contributed by atoms with Crippen molar-refractivity contribution in [3.63, 3.8) is 0 Å². The number of nitrogens with zero attached hydrogens (tertiary/aromatic N) is 4. The van der Waals surface area contributed by atoms with Gasteiger partial charge in [-0.3, -0.25) is 9.36 Å². The van der Waals surface area contributed by atoms with Crippen molar-refractivity contribution in [1.82, 2.24) is 19.1 Å². The molecule has 0 bridgehead atoms. The van der Waals surface area contributed by atoms with Gasteiger partial charge in [0.1, 0.15) is 0 Å². The Balaban J connectivity index is 1.80. The van der Waals surface area contributed by atoms with Crippen LogP contribution in [0.15, 0.2) is 71.9 Å². The predicted octanol–water partition coefficient (Wildman–Crippen LogP) is 4.90. The van der Waals surface area contributed by atoms with Crippen molar-refractivity contribution in [1.29, 1.82) is 0 Å². The molecule has 0 unspecified atom stereocenters. The average Bonchev–Trinajstić information content (AvgIpc) is 3.19. The second kappa shape index (κ2) is 7.96. The quantitative estimate of drug-likeness (QED) is 0.403. The number of pyridine rings is 2. The number of benzene rings is 2. The Morgan fingerprint density at radius 2 is 1.81 bits per heavy atom.